The highest BCUT2D eigenvalue weighted by molar-refractivity contribution is 6.42. The molecule has 2 N–H and O–H groups in total. The average Bonchev–Trinajstić information content (AvgIpc) is 3.26. The van der Waals surface area contributed by atoms with Crippen molar-refractivity contribution in [1.29, 1.82) is 0 Å². The Balaban J connectivity index is 1.58. The molecule has 3 fully saturated rings. The van der Waals surface area contributed by atoms with E-state index in [1.54, 1.807) is 12.1 Å². The number of nitrogens with zero attached hydrogens (tertiary/aromatic N) is 2. The smallest absolute Gasteiger partial charge is 0.407 e. The predicted molar refractivity (Wildman–Crippen MR) is 124 cm³/mol. The number of ketones is 1. The van der Waals surface area contributed by atoms with Gasteiger partial charge >= 0.3 is 6.09 Å². The zero-order chi connectivity index (χ0) is 22.9. The summed E-state index contributed by atoms with van der Waals surface area (Å²) in [5.41, 5.74) is -0.348. The van der Waals surface area contributed by atoms with E-state index in [0.29, 0.717) is 29.2 Å². The lowest BCUT2D eigenvalue weighted by Crippen LogP contribution is -2.62. The Labute approximate surface area is 199 Å². The number of halogens is 2. The molecule has 32 heavy (non-hydrogen) atoms. The standard InChI is InChI=1S/C23H31Cl2N3O4/c1-27(22(30)31)23(14-26-13-18(23)16-2-3-19(24)20(25)12-16)21(29)15-4-8-28(9-5-15)17-6-10-32-11-7-17/h2-3,12,15,17-18,26H,4-11,13-14H2,1H3,(H,30,31)/t18-,23+/m0/s1. The van der Waals surface area contributed by atoms with Crippen molar-refractivity contribution in [2.75, 3.05) is 46.4 Å². The van der Waals surface area contributed by atoms with E-state index in [0.717, 1.165) is 57.6 Å². The van der Waals surface area contributed by atoms with Gasteiger partial charge in [0.2, 0.25) is 0 Å². The number of hydrogen-bond acceptors (Lipinski definition) is 5. The molecule has 0 spiro atoms. The minimum absolute atomic E-state index is 0.00935. The molecular weight excluding hydrogens is 453 g/mol. The maximum Gasteiger partial charge on any atom is 0.407 e. The molecule has 9 heteroatoms. The number of likely N-dealkylation sites (N-methyl/N-ethyl adjacent to an activating group) is 1. The first kappa shape index (κ1) is 23.8. The number of ether oxygens (including phenoxy) is 1. The molecule has 176 valence electrons. The number of likely N-dealkylation sites (tertiary alicyclic amines) is 1. The lowest BCUT2D eigenvalue weighted by molar-refractivity contribution is -0.135. The van der Waals surface area contributed by atoms with Crippen LogP contribution in [0.4, 0.5) is 4.79 Å². The normalized spacial score (nSPS) is 28.0. The van der Waals surface area contributed by atoms with Crippen LogP contribution < -0.4 is 5.32 Å². The summed E-state index contributed by atoms with van der Waals surface area (Å²) in [5.74, 6) is -0.493. The SMILES string of the molecule is CN(C(=O)O)[C@]1(C(=O)C2CCN(C3CCOCC3)CC2)CNC[C@H]1c1ccc(Cl)c(Cl)c1. The van der Waals surface area contributed by atoms with Crippen molar-refractivity contribution >= 4 is 35.1 Å². The third-order valence-electron chi connectivity index (χ3n) is 7.59. The largest absolute Gasteiger partial charge is 0.465 e. The predicted octanol–water partition coefficient (Wildman–Crippen LogP) is 3.49. The van der Waals surface area contributed by atoms with Crippen molar-refractivity contribution in [3.63, 3.8) is 0 Å². The maximum atomic E-state index is 14.0. The number of hydrogen-bond donors (Lipinski definition) is 2. The minimum atomic E-state index is -1.17. The van der Waals surface area contributed by atoms with Gasteiger partial charge in [-0.15, -0.1) is 0 Å². The van der Waals surface area contributed by atoms with Gasteiger partial charge in [-0.3, -0.25) is 9.69 Å². The zero-order valence-electron chi connectivity index (χ0n) is 18.4. The number of Topliss-reactive ketones (excluding diaryl/α,β-unsaturated/α-hetero) is 1. The fraction of sp³-hybridized carbons (Fsp3) is 0.652. The van der Waals surface area contributed by atoms with Crippen molar-refractivity contribution in [2.24, 2.45) is 5.92 Å². The molecule has 1 amide bonds. The zero-order valence-corrected chi connectivity index (χ0v) is 19.9. The van der Waals surface area contributed by atoms with Gasteiger partial charge in [-0.1, -0.05) is 29.3 Å². The Morgan fingerprint density at radius 2 is 1.84 bits per heavy atom. The van der Waals surface area contributed by atoms with Crippen LogP contribution in [0, 0.1) is 5.92 Å². The summed E-state index contributed by atoms with van der Waals surface area (Å²) in [6, 6.07) is 5.83. The lowest BCUT2D eigenvalue weighted by atomic mass is 9.72. The fourth-order valence-electron chi connectivity index (χ4n) is 5.70. The van der Waals surface area contributed by atoms with E-state index in [-0.39, 0.29) is 17.6 Å². The van der Waals surface area contributed by atoms with Crippen LogP contribution in [0.2, 0.25) is 10.0 Å². The quantitative estimate of drug-likeness (QED) is 0.666. The molecule has 1 aromatic rings. The summed E-state index contributed by atoms with van der Waals surface area (Å²) in [5, 5.41) is 14.0. The monoisotopic (exact) mass is 483 g/mol. The fourth-order valence-corrected chi connectivity index (χ4v) is 6.01. The lowest BCUT2D eigenvalue weighted by Gasteiger charge is -2.44. The number of benzene rings is 1. The number of carboxylic acid groups (broad SMARTS) is 1. The molecule has 7 nitrogen and oxygen atoms in total. The number of carbonyl (C=O) groups is 2. The molecule has 0 radical (unpaired) electrons. The van der Waals surface area contributed by atoms with Gasteiger partial charge in [-0.25, -0.2) is 4.79 Å². The molecule has 0 aliphatic carbocycles. The van der Waals surface area contributed by atoms with Crippen molar-refractivity contribution in [1.82, 2.24) is 15.1 Å². The van der Waals surface area contributed by atoms with E-state index in [1.807, 2.05) is 6.07 Å². The van der Waals surface area contributed by atoms with Gasteiger partial charge in [-0.05, 0) is 56.5 Å². The van der Waals surface area contributed by atoms with Crippen LogP contribution >= 0.6 is 23.2 Å². The minimum Gasteiger partial charge on any atom is -0.465 e. The van der Waals surface area contributed by atoms with Crippen molar-refractivity contribution in [3.8, 4) is 0 Å². The summed E-state index contributed by atoms with van der Waals surface area (Å²) in [4.78, 5) is 29.8. The van der Waals surface area contributed by atoms with Crippen LogP contribution in [0.25, 0.3) is 0 Å². The summed E-state index contributed by atoms with van der Waals surface area (Å²) in [6.45, 7) is 4.11. The average molecular weight is 484 g/mol. The molecule has 3 saturated heterocycles. The Bertz CT molecular complexity index is 856. The third-order valence-corrected chi connectivity index (χ3v) is 8.32. The third kappa shape index (κ3) is 4.38. The molecule has 0 aromatic heterocycles. The first-order valence-electron chi connectivity index (χ1n) is 11.3. The number of rotatable bonds is 5. The van der Waals surface area contributed by atoms with E-state index < -0.39 is 11.6 Å². The van der Waals surface area contributed by atoms with Crippen molar-refractivity contribution in [3.05, 3.63) is 33.8 Å². The van der Waals surface area contributed by atoms with Gasteiger partial charge in [0.15, 0.2) is 5.78 Å². The van der Waals surface area contributed by atoms with Crippen LogP contribution in [-0.2, 0) is 9.53 Å². The molecule has 0 saturated carbocycles. The molecule has 1 aromatic carbocycles. The molecule has 3 aliphatic heterocycles. The van der Waals surface area contributed by atoms with E-state index in [1.165, 1.54) is 11.9 Å². The van der Waals surface area contributed by atoms with Crippen LogP contribution in [-0.4, -0.2) is 84.8 Å². The van der Waals surface area contributed by atoms with Gasteiger partial charge in [0.1, 0.15) is 5.54 Å². The van der Waals surface area contributed by atoms with Gasteiger partial charge < -0.3 is 20.1 Å². The van der Waals surface area contributed by atoms with E-state index >= 15 is 0 Å². The summed E-state index contributed by atoms with van der Waals surface area (Å²) in [6.07, 6.45) is 2.46. The first-order valence-corrected chi connectivity index (χ1v) is 12.1. The van der Waals surface area contributed by atoms with Crippen LogP contribution in [0.15, 0.2) is 18.2 Å². The van der Waals surface area contributed by atoms with Crippen LogP contribution in [0.3, 0.4) is 0 Å². The van der Waals surface area contributed by atoms with E-state index in [9.17, 15) is 14.7 Å². The Morgan fingerprint density at radius 1 is 1.16 bits per heavy atom. The van der Waals surface area contributed by atoms with Gasteiger partial charge in [-0.2, -0.15) is 0 Å². The molecular formula is C23H31Cl2N3O4. The topological polar surface area (TPSA) is 82.1 Å². The summed E-state index contributed by atoms with van der Waals surface area (Å²) < 4.78 is 5.48. The molecule has 2 atom stereocenters. The van der Waals surface area contributed by atoms with Crippen LogP contribution in [0.5, 0.6) is 0 Å². The molecule has 0 unspecified atom stereocenters. The Kier molecular flexibility index (Phi) is 7.32. The molecule has 4 rings (SSSR count). The molecule has 0 bridgehead atoms. The molecule has 3 heterocycles. The second kappa shape index (κ2) is 9.85. The van der Waals surface area contributed by atoms with Crippen molar-refractivity contribution < 1.29 is 19.4 Å². The molecule has 3 aliphatic rings. The summed E-state index contributed by atoms with van der Waals surface area (Å²) in [7, 11) is 1.51. The van der Waals surface area contributed by atoms with Crippen molar-refractivity contribution in [2.45, 2.75) is 43.2 Å². The highest BCUT2D eigenvalue weighted by Crippen LogP contribution is 2.42. The van der Waals surface area contributed by atoms with Gasteiger partial charge in [0.05, 0.1) is 10.0 Å². The number of nitrogens with one attached hydrogen (secondary N) is 1. The Morgan fingerprint density at radius 3 is 2.47 bits per heavy atom. The number of amides is 1. The number of carbonyl (C=O) groups excluding carboxylic acids is 1. The second-order valence-electron chi connectivity index (χ2n) is 9.14. The van der Waals surface area contributed by atoms with E-state index in [4.69, 9.17) is 27.9 Å². The second-order valence-corrected chi connectivity index (χ2v) is 9.96. The highest BCUT2D eigenvalue weighted by atomic mass is 35.5. The Hall–Kier alpha value is -1.38. The number of piperidine rings is 1. The van der Waals surface area contributed by atoms with Gasteiger partial charge in [0.25, 0.3) is 0 Å². The van der Waals surface area contributed by atoms with Gasteiger partial charge in [0, 0.05) is 51.2 Å². The highest BCUT2D eigenvalue weighted by Gasteiger charge is 2.56. The van der Waals surface area contributed by atoms with Crippen LogP contribution in [0.1, 0.15) is 37.2 Å². The maximum absolute atomic E-state index is 14.0. The first-order chi connectivity index (χ1) is 15.3. The summed E-state index contributed by atoms with van der Waals surface area (Å²) >= 11 is 12.4. The van der Waals surface area contributed by atoms with E-state index in [2.05, 4.69) is 10.2 Å².